The van der Waals surface area contributed by atoms with Gasteiger partial charge in [-0.15, -0.1) is 0 Å². The van der Waals surface area contributed by atoms with Crippen LogP contribution in [0.5, 0.6) is 0 Å². The maximum Gasteiger partial charge on any atom is 0.338 e. The summed E-state index contributed by atoms with van der Waals surface area (Å²) >= 11 is 0. The number of ether oxygens (including phenoxy) is 2. The average Bonchev–Trinajstić information content (AvgIpc) is 2.52. The second-order valence-electron chi connectivity index (χ2n) is 4.97. The van der Waals surface area contributed by atoms with E-state index in [1.165, 1.54) is 0 Å². The van der Waals surface area contributed by atoms with Crippen molar-refractivity contribution >= 4 is 11.8 Å². The first kappa shape index (κ1) is 16.5. The van der Waals surface area contributed by atoms with E-state index in [9.17, 15) is 18.4 Å². The van der Waals surface area contributed by atoms with Crippen molar-refractivity contribution in [3.63, 3.8) is 0 Å². The van der Waals surface area contributed by atoms with Crippen molar-refractivity contribution in [3.8, 4) is 0 Å². The molecule has 1 unspecified atom stereocenters. The molecular formula is C15H17F2NO4. The van der Waals surface area contributed by atoms with E-state index in [1.54, 1.807) is 0 Å². The van der Waals surface area contributed by atoms with Gasteiger partial charge in [0.25, 0.3) is 0 Å². The fourth-order valence-corrected chi connectivity index (χ4v) is 2.30. The van der Waals surface area contributed by atoms with Crippen LogP contribution in [0.15, 0.2) is 12.1 Å². The molecule has 1 atom stereocenters. The molecule has 1 aliphatic heterocycles. The molecule has 22 heavy (non-hydrogen) atoms. The summed E-state index contributed by atoms with van der Waals surface area (Å²) in [6.45, 7) is 1.91. The van der Waals surface area contributed by atoms with Crippen LogP contribution in [-0.2, 0) is 9.47 Å². The van der Waals surface area contributed by atoms with Gasteiger partial charge in [0.1, 0.15) is 11.6 Å². The van der Waals surface area contributed by atoms with Crippen LogP contribution in [0.3, 0.4) is 0 Å². The second kappa shape index (κ2) is 7.42. The van der Waals surface area contributed by atoms with Crippen LogP contribution >= 0.6 is 0 Å². The summed E-state index contributed by atoms with van der Waals surface area (Å²) in [5.74, 6) is -3.64. The van der Waals surface area contributed by atoms with E-state index in [0.29, 0.717) is 19.6 Å². The summed E-state index contributed by atoms with van der Waals surface area (Å²) < 4.78 is 37.6. The Labute approximate surface area is 126 Å². The highest BCUT2D eigenvalue weighted by Crippen LogP contribution is 2.19. The van der Waals surface area contributed by atoms with Crippen LogP contribution in [-0.4, -0.2) is 44.7 Å². The van der Waals surface area contributed by atoms with Gasteiger partial charge in [0, 0.05) is 19.5 Å². The number of rotatable bonds is 5. The maximum atomic E-state index is 13.9. The van der Waals surface area contributed by atoms with Gasteiger partial charge in [-0.1, -0.05) is 0 Å². The van der Waals surface area contributed by atoms with Crippen molar-refractivity contribution < 1.29 is 27.8 Å². The molecule has 0 aliphatic carbocycles. The highest BCUT2D eigenvalue weighted by Gasteiger charge is 2.22. The van der Waals surface area contributed by atoms with Gasteiger partial charge in [-0.05, 0) is 18.6 Å². The average molecular weight is 313 g/mol. The molecule has 0 radical (unpaired) electrons. The molecule has 1 aromatic rings. The summed E-state index contributed by atoms with van der Waals surface area (Å²) in [4.78, 5) is 23.3. The largest absolute Gasteiger partial charge is 0.465 e. The molecule has 1 aliphatic rings. The van der Waals surface area contributed by atoms with Crippen LogP contribution in [0.2, 0.25) is 0 Å². The van der Waals surface area contributed by atoms with Gasteiger partial charge in [-0.25, -0.2) is 13.6 Å². The molecule has 0 saturated carbocycles. The van der Waals surface area contributed by atoms with E-state index in [0.717, 1.165) is 25.8 Å². The van der Waals surface area contributed by atoms with Gasteiger partial charge >= 0.3 is 5.97 Å². The van der Waals surface area contributed by atoms with Crippen molar-refractivity contribution in [1.82, 2.24) is 5.32 Å². The minimum absolute atomic E-state index is 0.0300. The highest BCUT2D eigenvalue weighted by atomic mass is 19.1. The van der Waals surface area contributed by atoms with E-state index >= 15 is 0 Å². The number of carbonyl (C=O) groups is 2. The Hall–Kier alpha value is -1.86. The summed E-state index contributed by atoms with van der Waals surface area (Å²) in [6.07, 6.45) is 0.208. The number of Topliss-reactive ketones (excluding diaryl/α,β-unsaturated/α-hetero) is 1. The van der Waals surface area contributed by atoms with Crippen molar-refractivity contribution in [2.24, 2.45) is 0 Å². The molecule has 0 amide bonds. The number of hydrogen-bond donors (Lipinski definition) is 1. The number of benzene rings is 1. The Morgan fingerprint density at radius 1 is 1.36 bits per heavy atom. The highest BCUT2D eigenvalue weighted by molar-refractivity contribution is 5.98. The van der Waals surface area contributed by atoms with Crippen LogP contribution in [0.25, 0.3) is 0 Å². The summed E-state index contributed by atoms with van der Waals surface area (Å²) in [6, 6.07) is 1.61. The summed E-state index contributed by atoms with van der Waals surface area (Å²) in [5, 5.41) is 3.11. The number of ketones is 1. The number of esters is 1. The quantitative estimate of drug-likeness (QED) is 0.662. The van der Waals surface area contributed by atoms with Crippen LogP contribution in [0.4, 0.5) is 8.78 Å². The minimum atomic E-state index is -1.06. The molecule has 1 N–H and O–H groups in total. The third kappa shape index (κ3) is 3.86. The molecule has 1 heterocycles. The molecule has 1 fully saturated rings. The topological polar surface area (TPSA) is 64.6 Å². The van der Waals surface area contributed by atoms with Crippen molar-refractivity contribution in [2.75, 3.05) is 26.8 Å². The predicted molar refractivity (Wildman–Crippen MR) is 73.9 cm³/mol. The van der Waals surface area contributed by atoms with Gasteiger partial charge in [-0.2, -0.15) is 0 Å². The minimum Gasteiger partial charge on any atom is -0.465 e. The van der Waals surface area contributed by atoms with Gasteiger partial charge in [0.15, 0.2) is 5.78 Å². The second-order valence-corrected chi connectivity index (χ2v) is 4.97. The molecule has 7 heteroatoms. The molecule has 2 rings (SSSR count). The lowest BCUT2D eigenvalue weighted by Gasteiger charge is -2.23. The summed E-state index contributed by atoms with van der Waals surface area (Å²) in [5.41, 5.74) is -0.898. The van der Waals surface area contributed by atoms with E-state index < -0.39 is 29.0 Å². The zero-order valence-electron chi connectivity index (χ0n) is 12.2. The smallest absolute Gasteiger partial charge is 0.338 e. The standard InChI is InChI=1S/C15H17F2NO4/c1-21-15(20)9-6-11(16)14(12(17)7-9)13(19)3-2-10-8-18-4-5-22-10/h6-7,10,18H,2-5,8H2,1H3. The molecular weight excluding hydrogens is 296 g/mol. The number of halogens is 2. The normalized spacial score (nSPS) is 18.0. The SMILES string of the molecule is COC(=O)c1cc(F)c(C(=O)CCC2CNCCO2)c(F)c1. The molecule has 0 bridgehead atoms. The molecule has 5 nitrogen and oxygen atoms in total. The predicted octanol–water partition coefficient (Wildman–Crippen LogP) is 1.70. The maximum absolute atomic E-state index is 13.9. The van der Waals surface area contributed by atoms with E-state index in [-0.39, 0.29) is 18.1 Å². The van der Waals surface area contributed by atoms with Gasteiger partial charge in [0.2, 0.25) is 0 Å². The van der Waals surface area contributed by atoms with Crippen molar-refractivity contribution in [1.29, 1.82) is 0 Å². The van der Waals surface area contributed by atoms with E-state index in [4.69, 9.17) is 4.74 Å². The van der Waals surface area contributed by atoms with Crippen molar-refractivity contribution in [2.45, 2.75) is 18.9 Å². The zero-order chi connectivity index (χ0) is 16.1. The Morgan fingerprint density at radius 3 is 2.59 bits per heavy atom. The van der Waals surface area contributed by atoms with Gasteiger partial charge in [-0.3, -0.25) is 4.79 Å². The third-order valence-corrected chi connectivity index (χ3v) is 3.44. The Balaban J connectivity index is 2.07. The first-order chi connectivity index (χ1) is 10.5. The molecule has 0 spiro atoms. The lowest BCUT2D eigenvalue weighted by Crippen LogP contribution is -2.38. The molecule has 0 aromatic heterocycles. The lowest BCUT2D eigenvalue weighted by molar-refractivity contribution is 0.0224. The van der Waals surface area contributed by atoms with Crippen LogP contribution in [0, 0.1) is 11.6 Å². The fourth-order valence-electron chi connectivity index (χ4n) is 2.30. The molecule has 1 aromatic carbocycles. The molecule has 120 valence electrons. The first-order valence-corrected chi connectivity index (χ1v) is 6.95. The van der Waals surface area contributed by atoms with Crippen LogP contribution in [0.1, 0.15) is 33.6 Å². The Kier molecular flexibility index (Phi) is 5.57. The monoisotopic (exact) mass is 313 g/mol. The number of methoxy groups -OCH3 is 1. The number of morpholine rings is 1. The number of nitrogens with one attached hydrogen (secondary N) is 1. The zero-order valence-corrected chi connectivity index (χ0v) is 12.2. The Bertz CT molecular complexity index is 548. The summed E-state index contributed by atoms with van der Waals surface area (Å²) in [7, 11) is 1.11. The lowest BCUT2D eigenvalue weighted by atomic mass is 10.0. The van der Waals surface area contributed by atoms with E-state index in [2.05, 4.69) is 10.1 Å². The van der Waals surface area contributed by atoms with Crippen molar-refractivity contribution in [3.05, 3.63) is 34.9 Å². The fraction of sp³-hybridized carbons (Fsp3) is 0.467. The van der Waals surface area contributed by atoms with Crippen LogP contribution < -0.4 is 5.32 Å². The number of carbonyl (C=O) groups excluding carboxylic acids is 2. The first-order valence-electron chi connectivity index (χ1n) is 6.95. The Morgan fingerprint density at radius 2 is 2.05 bits per heavy atom. The number of hydrogen-bond acceptors (Lipinski definition) is 5. The molecule has 1 saturated heterocycles. The third-order valence-electron chi connectivity index (χ3n) is 3.44. The van der Waals surface area contributed by atoms with Gasteiger partial charge < -0.3 is 14.8 Å². The van der Waals surface area contributed by atoms with E-state index in [1.807, 2.05) is 0 Å². The van der Waals surface area contributed by atoms with Gasteiger partial charge in [0.05, 0.1) is 30.9 Å².